The molecule has 0 amide bonds. The van der Waals surface area contributed by atoms with Gasteiger partial charge in [0.2, 0.25) is 0 Å². The molecular weight excluding hydrogens is 326 g/mol. The molecular formula is C14H20BrNO2S. The Balaban J connectivity index is 1.67. The first-order valence-corrected chi connectivity index (χ1v) is 9.46. The second kappa shape index (κ2) is 6.37. The maximum absolute atomic E-state index is 11.0. The molecule has 1 fully saturated rings. The number of benzene rings is 1. The molecule has 1 aromatic carbocycles. The minimum atomic E-state index is -2.81. The van der Waals surface area contributed by atoms with E-state index in [9.17, 15) is 8.42 Å². The average Bonchev–Trinajstić information content (AvgIpc) is 2.24. The SMILES string of the molecule is CS(=O)(=O)CCCNC1CC(c2cccc(Br)c2)C1. The van der Waals surface area contributed by atoms with Crippen molar-refractivity contribution in [3.05, 3.63) is 34.3 Å². The third-order valence-corrected chi connectivity index (χ3v) is 5.11. The first-order chi connectivity index (χ1) is 8.94. The third-order valence-electron chi connectivity index (χ3n) is 3.58. The Morgan fingerprint density at radius 1 is 1.37 bits per heavy atom. The summed E-state index contributed by atoms with van der Waals surface area (Å²) in [4.78, 5) is 0. The van der Waals surface area contributed by atoms with E-state index >= 15 is 0 Å². The van der Waals surface area contributed by atoms with Crippen molar-refractivity contribution in [1.82, 2.24) is 5.32 Å². The Labute approximate surface area is 123 Å². The van der Waals surface area contributed by atoms with E-state index in [0.29, 0.717) is 18.4 Å². The quantitative estimate of drug-likeness (QED) is 0.806. The van der Waals surface area contributed by atoms with Crippen LogP contribution in [0.2, 0.25) is 0 Å². The van der Waals surface area contributed by atoms with Crippen LogP contribution in [0.1, 0.15) is 30.7 Å². The van der Waals surface area contributed by atoms with Crippen LogP contribution in [0.4, 0.5) is 0 Å². The van der Waals surface area contributed by atoms with Gasteiger partial charge in [0, 0.05) is 16.8 Å². The van der Waals surface area contributed by atoms with Gasteiger partial charge in [-0.25, -0.2) is 8.42 Å². The van der Waals surface area contributed by atoms with Gasteiger partial charge in [-0.15, -0.1) is 0 Å². The zero-order valence-corrected chi connectivity index (χ0v) is 13.5. The molecule has 1 aliphatic carbocycles. The van der Waals surface area contributed by atoms with Crippen LogP contribution in [0.15, 0.2) is 28.7 Å². The Morgan fingerprint density at radius 2 is 2.11 bits per heavy atom. The van der Waals surface area contributed by atoms with Gasteiger partial charge in [0.25, 0.3) is 0 Å². The molecule has 5 heteroatoms. The largest absolute Gasteiger partial charge is 0.314 e. The lowest BCUT2D eigenvalue weighted by Crippen LogP contribution is -2.40. The highest BCUT2D eigenvalue weighted by atomic mass is 79.9. The van der Waals surface area contributed by atoms with Crippen molar-refractivity contribution in [2.75, 3.05) is 18.6 Å². The topological polar surface area (TPSA) is 46.2 Å². The van der Waals surface area contributed by atoms with E-state index in [1.165, 1.54) is 11.8 Å². The monoisotopic (exact) mass is 345 g/mol. The van der Waals surface area contributed by atoms with Crippen LogP contribution in [-0.2, 0) is 9.84 Å². The lowest BCUT2D eigenvalue weighted by molar-refractivity contribution is 0.292. The van der Waals surface area contributed by atoms with Gasteiger partial charge in [0.1, 0.15) is 9.84 Å². The summed E-state index contributed by atoms with van der Waals surface area (Å²) in [6.07, 6.45) is 4.29. The van der Waals surface area contributed by atoms with Crippen LogP contribution in [0.5, 0.6) is 0 Å². The normalized spacial score (nSPS) is 23.1. The molecule has 0 aliphatic heterocycles. The molecule has 1 N–H and O–H groups in total. The van der Waals surface area contributed by atoms with Crippen LogP contribution < -0.4 is 5.32 Å². The van der Waals surface area contributed by atoms with E-state index in [4.69, 9.17) is 0 Å². The van der Waals surface area contributed by atoms with E-state index in [1.54, 1.807) is 0 Å². The molecule has 0 unspecified atom stereocenters. The van der Waals surface area contributed by atoms with Crippen LogP contribution in [0.3, 0.4) is 0 Å². The molecule has 0 radical (unpaired) electrons. The lowest BCUT2D eigenvalue weighted by Gasteiger charge is -2.36. The molecule has 0 aromatic heterocycles. The van der Waals surface area contributed by atoms with Gasteiger partial charge in [0.05, 0.1) is 5.75 Å². The average molecular weight is 346 g/mol. The Kier molecular flexibility index (Phi) is 5.03. The summed E-state index contributed by atoms with van der Waals surface area (Å²) in [6, 6.07) is 9.03. The van der Waals surface area contributed by atoms with E-state index in [2.05, 4.69) is 39.4 Å². The summed E-state index contributed by atoms with van der Waals surface area (Å²) < 4.78 is 23.1. The molecule has 0 bridgehead atoms. The lowest BCUT2D eigenvalue weighted by atomic mass is 9.76. The second-order valence-electron chi connectivity index (χ2n) is 5.36. The van der Waals surface area contributed by atoms with Gasteiger partial charge in [0.15, 0.2) is 0 Å². The maximum atomic E-state index is 11.0. The smallest absolute Gasteiger partial charge is 0.147 e. The summed E-state index contributed by atoms with van der Waals surface area (Å²) in [5.74, 6) is 0.923. The molecule has 19 heavy (non-hydrogen) atoms. The fraction of sp³-hybridized carbons (Fsp3) is 0.571. The molecule has 3 nitrogen and oxygen atoms in total. The van der Waals surface area contributed by atoms with Crippen molar-refractivity contribution < 1.29 is 8.42 Å². The van der Waals surface area contributed by atoms with E-state index in [1.807, 2.05) is 6.07 Å². The summed E-state index contributed by atoms with van der Waals surface area (Å²) in [7, 11) is -2.81. The number of hydrogen-bond acceptors (Lipinski definition) is 3. The fourth-order valence-corrected chi connectivity index (χ4v) is 3.54. The maximum Gasteiger partial charge on any atom is 0.147 e. The van der Waals surface area contributed by atoms with Crippen molar-refractivity contribution in [3.63, 3.8) is 0 Å². The molecule has 2 rings (SSSR count). The summed E-state index contributed by atoms with van der Waals surface area (Å²) in [5, 5.41) is 3.43. The zero-order valence-electron chi connectivity index (χ0n) is 11.1. The van der Waals surface area contributed by atoms with Crippen molar-refractivity contribution in [2.24, 2.45) is 0 Å². The molecule has 0 saturated heterocycles. The zero-order chi connectivity index (χ0) is 13.9. The molecule has 1 aromatic rings. The first-order valence-electron chi connectivity index (χ1n) is 6.60. The van der Waals surface area contributed by atoms with Gasteiger partial charge in [-0.2, -0.15) is 0 Å². The predicted octanol–water partition coefficient (Wildman–Crippen LogP) is 2.72. The molecule has 0 atom stereocenters. The molecule has 0 heterocycles. The number of sulfone groups is 1. The number of halogens is 1. The molecule has 0 spiro atoms. The Morgan fingerprint density at radius 3 is 2.74 bits per heavy atom. The van der Waals surface area contributed by atoms with Gasteiger partial charge in [-0.05, 0) is 49.4 Å². The third kappa shape index (κ3) is 4.89. The minimum absolute atomic E-state index is 0.280. The Hall–Kier alpha value is -0.390. The fourth-order valence-electron chi connectivity index (χ4n) is 2.46. The molecule has 1 saturated carbocycles. The van der Waals surface area contributed by atoms with Crippen LogP contribution in [-0.4, -0.2) is 33.0 Å². The van der Waals surface area contributed by atoms with Gasteiger partial charge >= 0.3 is 0 Å². The van der Waals surface area contributed by atoms with E-state index < -0.39 is 9.84 Å². The van der Waals surface area contributed by atoms with Crippen molar-refractivity contribution >= 4 is 25.8 Å². The highest BCUT2D eigenvalue weighted by molar-refractivity contribution is 9.10. The first kappa shape index (κ1) is 15.0. The van der Waals surface area contributed by atoms with E-state index in [0.717, 1.165) is 23.9 Å². The number of hydrogen-bond donors (Lipinski definition) is 1. The molecule has 106 valence electrons. The number of rotatable bonds is 6. The van der Waals surface area contributed by atoms with E-state index in [-0.39, 0.29) is 5.75 Å². The highest BCUT2D eigenvalue weighted by Gasteiger charge is 2.29. The molecule has 1 aliphatic rings. The number of nitrogens with one attached hydrogen (secondary N) is 1. The summed E-state index contributed by atoms with van der Waals surface area (Å²) in [6.45, 7) is 0.795. The highest BCUT2D eigenvalue weighted by Crippen LogP contribution is 2.37. The predicted molar refractivity (Wildman–Crippen MR) is 82.2 cm³/mol. The van der Waals surface area contributed by atoms with Gasteiger partial charge < -0.3 is 5.32 Å². The summed E-state index contributed by atoms with van der Waals surface area (Å²) >= 11 is 3.50. The van der Waals surface area contributed by atoms with Crippen LogP contribution in [0.25, 0.3) is 0 Å². The van der Waals surface area contributed by atoms with Crippen LogP contribution in [0, 0.1) is 0 Å². The van der Waals surface area contributed by atoms with Crippen LogP contribution >= 0.6 is 15.9 Å². The van der Waals surface area contributed by atoms with Gasteiger partial charge in [-0.1, -0.05) is 28.1 Å². The van der Waals surface area contributed by atoms with Crippen molar-refractivity contribution in [2.45, 2.75) is 31.2 Å². The standard InChI is InChI=1S/C14H20BrNO2S/c1-19(17,18)7-3-6-16-14-9-12(10-14)11-4-2-5-13(15)8-11/h2,4-5,8,12,14,16H,3,6-7,9-10H2,1H3. The van der Waals surface area contributed by atoms with Crippen molar-refractivity contribution in [1.29, 1.82) is 0 Å². The Bertz CT molecular complexity index is 524. The summed E-state index contributed by atoms with van der Waals surface area (Å²) in [5.41, 5.74) is 1.39. The van der Waals surface area contributed by atoms with Gasteiger partial charge in [-0.3, -0.25) is 0 Å². The van der Waals surface area contributed by atoms with Crippen molar-refractivity contribution in [3.8, 4) is 0 Å². The minimum Gasteiger partial charge on any atom is -0.314 e. The second-order valence-corrected chi connectivity index (χ2v) is 8.53.